The summed E-state index contributed by atoms with van der Waals surface area (Å²) in [7, 11) is 2.08. The van der Waals surface area contributed by atoms with Gasteiger partial charge in [0.05, 0.1) is 11.1 Å². The Balaban J connectivity index is 0.00000304. The zero-order valence-electron chi connectivity index (χ0n) is 21.3. The van der Waals surface area contributed by atoms with E-state index in [0.717, 1.165) is 35.9 Å². The number of anilines is 1. The molecular formula is C32H30N2NaO+. The first-order valence-corrected chi connectivity index (χ1v) is 12.0. The van der Waals surface area contributed by atoms with Crippen molar-refractivity contribution in [2.24, 2.45) is 7.05 Å². The van der Waals surface area contributed by atoms with Crippen molar-refractivity contribution >= 4 is 22.7 Å². The summed E-state index contributed by atoms with van der Waals surface area (Å²) in [6.45, 7) is 6.98. The molecule has 1 aromatic heterocycles. The van der Waals surface area contributed by atoms with E-state index in [0.29, 0.717) is 0 Å². The van der Waals surface area contributed by atoms with E-state index < -0.39 is 0 Å². The molecule has 0 saturated heterocycles. The third-order valence-electron chi connectivity index (χ3n) is 6.31. The van der Waals surface area contributed by atoms with Gasteiger partial charge >= 0.3 is 29.6 Å². The molecule has 0 amide bonds. The van der Waals surface area contributed by atoms with Gasteiger partial charge in [-0.2, -0.15) is 6.42 Å². The molecule has 0 unspecified atom stereocenters. The number of ether oxygens (including phenoxy) is 1. The molecular weight excluding hydrogens is 451 g/mol. The second-order valence-electron chi connectivity index (χ2n) is 8.80. The molecule has 0 spiro atoms. The van der Waals surface area contributed by atoms with E-state index in [-0.39, 0.29) is 29.6 Å². The fourth-order valence-corrected chi connectivity index (χ4v) is 4.44. The van der Waals surface area contributed by atoms with Crippen LogP contribution in [0.4, 0.5) is 5.69 Å². The average molecular weight is 482 g/mol. The van der Waals surface area contributed by atoms with E-state index in [4.69, 9.17) is 4.74 Å². The summed E-state index contributed by atoms with van der Waals surface area (Å²) < 4.78 is 8.38. The van der Waals surface area contributed by atoms with Crippen LogP contribution in [-0.4, -0.2) is 6.54 Å². The fourth-order valence-electron chi connectivity index (χ4n) is 4.44. The van der Waals surface area contributed by atoms with Crippen molar-refractivity contribution in [3.8, 4) is 16.9 Å². The number of para-hydroxylation sites is 1. The zero-order valence-corrected chi connectivity index (χ0v) is 23.3. The summed E-state index contributed by atoms with van der Waals surface area (Å²) in [5, 5.41) is 1.24. The minimum atomic E-state index is 0. The first kappa shape index (κ1) is 26.0. The fraction of sp³-hybridized carbons (Fsp3) is 0.125. The summed E-state index contributed by atoms with van der Waals surface area (Å²) >= 11 is 0. The molecule has 0 fully saturated rings. The van der Waals surface area contributed by atoms with Crippen LogP contribution in [0, 0.1) is 6.92 Å². The molecule has 36 heavy (non-hydrogen) atoms. The van der Waals surface area contributed by atoms with Crippen LogP contribution in [0.3, 0.4) is 0 Å². The largest absolute Gasteiger partial charge is 1.00 e. The Bertz CT molecular complexity index is 1450. The number of hydrogen-bond acceptors (Lipinski definition) is 2. The van der Waals surface area contributed by atoms with Crippen molar-refractivity contribution in [1.82, 2.24) is 0 Å². The van der Waals surface area contributed by atoms with Crippen LogP contribution in [0.1, 0.15) is 18.9 Å². The van der Waals surface area contributed by atoms with Gasteiger partial charge < -0.3 is 16.6 Å². The van der Waals surface area contributed by atoms with Crippen molar-refractivity contribution in [1.29, 1.82) is 0 Å². The van der Waals surface area contributed by atoms with E-state index >= 15 is 0 Å². The summed E-state index contributed by atoms with van der Waals surface area (Å²) in [5.74, 6) is 1.72. The Morgan fingerprint density at radius 3 is 2.56 bits per heavy atom. The van der Waals surface area contributed by atoms with Crippen LogP contribution in [0.15, 0.2) is 115 Å². The smallest absolute Gasteiger partial charge is 0.439 e. The molecule has 1 aliphatic heterocycles. The molecule has 0 radical (unpaired) electrons. The summed E-state index contributed by atoms with van der Waals surface area (Å²) in [6, 6.07) is 27.5. The molecule has 174 valence electrons. The maximum absolute atomic E-state index is 6.23. The molecule has 1 aliphatic rings. The summed E-state index contributed by atoms with van der Waals surface area (Å²) in [4.78, 5) is 2.22. The Morgan fingerprint density at radius 1 is 0.972 bits per heavy atom. The molecule has 4 aromatic rings. The van der Waals surface area contributed by atoms with Crippen LogP contribution in [0.25, 0.3) is 28.1 Å². The molecule has 0 saturated carbocycles. The van der Waals surface area contributed by atoms with Gasteiger partial charge in [0.25, 0.3) is 0 Å². The molecule has 2 heterocycles. The van der Waals surface area contributed by atoms with E-state index in [1.807, 2.05) is 6.07 Å². The van der Waals surface area contributed by atoms with Crippen LogP contribution >= 0.6 is 0 Å². The number of aryl methyl sites for hydroxylation is 1. The first-order valence-electron chi connectivity index (χ1n) is 12.0. The zero-order chi connectivity index (χ0) is 24.2. The van der Waals surface area contributed by atoms with Gasteiger partial charge in [0, 0.05) is 12.1 Å². The molecule has 5 rings (SSSR count). The third kappa shape index (κ3) is 5.49. The van der Waals surface area contributed by atoms with Crippen LogP contribution in [0.5, 0.6) is 5.75 Å². The SMILES string of the molecule is [CH2-]CCN1/C(=C/C=C(C)\C=C/c2cc[n+](C)c3ccccc23)Oc2ccc(-c3ccccc3)cc21.[Na+]. The van der Waals surface area contributed by atoms with Gasteiger partial charge in [-0.3, -0.25) is 0 Å². The monoisotopic (exact) mass is 481 g/mol. The maximum Gasteiger partial charge on any atom is 1.00 e. The predicted octanol–water partition coefficient (Wildman–Crippen LogP) is 4.26. The van der Waals surface area contributed by atoms with Crippen LogP contribution < -0.4 is 43.8 Å². The molecule has 0 atom stereocenters. The van der Waals surface area contributed by atoms with Gasteiger partial charge in [0.1, 0.15) is 7.05 Å². The van der Waals surface area contributed by atoms with Crippen molar-refractivity contribution in [2.75, 3.05) is 11.4 Å². The molecule has 3 nitrogen and oxygen atoms in total. The van der Waals surface area contributed by atoms with Crippen molar-refractivity contribution in [3.05, 3.63) is 127 Å². The Labute approximate surface area is 236 Å². The average Bonchev–Trinajstić information content (AvgIpc) is 3.24. The van der Waals surface area contributed by atoms with Crippen molar-refractivity contribution in [3.63, 3.8) is 0 Å². The summed E-state index contributed by atoms with van der Waals surface area (Å²) in [6.07, 6.45) is 11.4. The van der Waals surface area contributed by atoms with E-state index in [9.17, 15) is 0 Å². The third-order valence-corrected chi connectivity index (χ3v) is 6.31. The van der Waals surface area contributed by atoms with Gasteiger partial charge in [0.15, 0.2) is 11.9 Å². The van der Waals surface area contributed by atoms with Gasteiger partial charge in [-0.05, 0) is 54.4 Å². The van der Waals surface area contributed by atoms with Gasteiger partial charge in [-0.15, -0.1) is 0 Å². The number of allylic oxidation sites excluding steroid dienone is 4. The maximum atomic E-state index is 6.23. The molecule has 0 aliphatic carbocycles. The van der Waals surface area contributed by atoms with Gasteiger partial charge in [0.2, 0.25) is 11.4 Å². The molecule has 3 aromatic carbocycles. The Kier molecular flexibility index (Phi) is 8.48. The van der Waals surface area contributed by atoms with Crippen LogP contribution in [-0.2, 0) is 7.05 Å². The van der Waals surface area contributed by atoms with Crippen LogP contribution in [0.2, 0.25) is 0 Å². The number of hydrogen-bond donors (Lipinski definition) is 0. The van der Waals surface area contributed by atoms with E-state index in [2.05, 4.69) is 134 Å². The van der Waals surface area contributed by atoms with Gasteiger partial charge in [-0.1, -0.05) is 72.3 Å². The van der Waals surface area contributed by atoms with Crippen molar-refractivity contribution < 1.29 is 38.9 Å². The number of nitrogens with zero attached hydrogens (tertiary/aromatic N) is 2. The van der Waals surface area contributed by atoms with Crippen molar-refractivity contribution in [2.45, 2.75) is 13.3 Å². The quantitative estimate of drug-likeness (QED) is 0.177. The minimum absolute atomic E-state index is 0. The summed E-state index contributed by atoms with van der Waals surface area (Å²) in [5.41, 5.74) is 7.04. The number of fused-ring (bicyclic) bond motifs is 2. The van der Waals surface area contributed by atoms with E-state index in [1.165, 1.54) is 27.6 Å². The first-order chi connectivity index (χ1) is 17.1. The Morgan fingerprint density at radius 2 is 1.75 bits per heavy atom. The molecule has 4 heteroatoms. The van der Waals surface area contributed by atoms with Gasteiger partial charge in [-0.25, -0.2) is 4.57 Å². The number of aromatic nitrogens is 1. The molecule has 0 N–H and O–H groups in total. The minimum Gasteiger partial charge on any atom is -0.439 e. The second-order valence-corrected chi connectivity index (χ2v) is 8.80. The Hall–Kier alpha value is -3.11. The number of benzene rings is 3. The topological polar surface area (TPSA) is 16.4 Å². The number of pyridine rings is 1. The normalized spacial score (nSPS) is 14.2. The second kappa shape index (κ2) is 11.7. The molecule has 0 bridgehead atoms. The number of rotatable bonds is 6. The van der Waals surface area contributed by atoms with E-state index in [1.54, 1.807) is 0 Å². The standard InChI is InChI=1S/C32H30N2O.Na/c1-4-21-34-30-23-27(25-10-6-5-7-11-25)17-18-31(30)35-32(34)19-15-24(2)14-16-26-20-22-33(3)29-13-9-8-12-28(26)29;/h5-20,22-23H,1,4,21H2,2-3H3;/q;+1. The predicted molar refractivity (Wildman–Crippen MR) is 146 cm³/mol.